The summed E-state index contributed by atoms with van der Waals surface area (Å²) in [6, 6.07) is 7.65. The van der Waals surface area contributed by atoms with Crippen LogP contribution in [0.3, 0.4) is 0 Å². The quantitative estimate of drug-likeness (QED) is 0.606. The van der Waals surface area contributed by atoms with E-state index in [-0.39, 0.29) is 17.8 Å². The molecule has 0 saturated heterocycles. The van der Waals surface area contributed by atoms with E-state index in [0.29, 0.717) is 0 Å². The number of hydrogen-bond donors (Lipinski definition) is 1. The van der Waals surface area contributed by atoms with Crippen LogP contribution in [0.4, 0.5) is 5.69 Å². The SMILES string of the molecule is O=[N+]([O-])c1ccccc1CS(=O)(=O)NCc1sccc1Br. The molecule has 0 unspecified atom stereocenters. The van der Waals surface area contributed by atoms with Crippen LogP contribution in [-0.2, 0) is 22.3 Å². The van der Waals surface area contributed by atoms with Crippen LogP contribution < -0.4 is 4.72 Å². The topological polar surface area (TPSA) is 89.3 Å². The highest BCUT2D eigenvalue weighted by molar-refractivity contribution is 9.10. The molecule has 1 heterocycles. The fourth-order valence-corrected chi connectivity index (χ4v) is 4.34. The monoisotopic (exact) mass is 390 g/mol. The first-order valence-corrected chi connectivity index (χ1v) is 9.13. The summed E-state index contributed by atoms with van der Waals surface area (Å²) in [7, 11) is -3.65. The molecule has 112 valence electrons. The Balaban J connectivity index is 2.11. The summed E-state index contributed by atoms with van der Waals surface area (Å²) >= 11 is 4.74. The zero-order chi connectivity index (χ0) is 15.5. The van der Waals surface area contributed by atoms with E-state index in [9.17, 15) is 18.5 Å². The van der Waals surface area contributed by atoms with E-state index in [1.54, 1.807) is 6.07 Å². The molecule has 0 saturated carbocycles. The molecule has 0 aliphatic rings. The minimum Gasteiger partial charge on any atom is -0.258 e. The Morgan fingerprint density at radius 1 is 1.29 bits per heavy atom. The van der Waals surface area contributed by atoms with Gasteiger partial charge in [0, 0.05) is 27.5 Å². The van der Waals surface area contributed by atoms with Crippen LogP contribution in [0.15, 0.2) is 40.2 Å². The third kappa shape index (κ3) is 4.34. The molecular weight excluding hydrogens is 380 g/mol. The lowest BCUT2D eigenvalue weighted by molar-refractivity contribution is -0.385. The van der Waals surface area contributed by atoms with E-state index in [1.165, 1.54) is 29.5 Å². The number of benzene rings is 1. The van der Waals surface area contributed by atoms with E-state index in [0.717, 1.165) is 9.35 Å². The summed E-state index contributed by atoms with van der Waals surface area (Å²) in [6.45, 7) is 0.154. The van der Waals surface area contributed by atoms with Gasteiger partial charge in [-0.25, -0.2) is 13.1 Å². The number of hydrogen-bond acceptors (Lipinski definition) is 5. The van der Waals surface area contributed by atoms with Gasteiger partial charge >= 0.3 is 0 Å². The third-order valence-electron chi connectivity index (χ3n) is 2.68. The summed E-state index contributed by atoms with van der Waals surface area (Å²) in [5.41, 5.74) is -0.0274. The van der Waals surface area contributed by atoms with Gasteiger partial charge in [-0.3, -0.25) is 10.1 Å². The third-order valence-corrected chi connectivity index (χ3v) is 5.88. The second-order valence-electron chi connectivity index (χ2n) is 4.16. The molecular formula is C12H11BrN2O4S2. The Hall–Kier alpha value is -1.29. The van der Waals surface area contributed by atoms with Gasteiger partial charge in [0.1, 0.15) is 0 Å². The summed E-state index contributed by atoms with van der Waals surface area (Å²) in [5.74, 6) is -0.423. The van der Waals surface area contributed by atoms with Gasteiger partial charge in [0.05, 0.1) is 10.7 Å². The fraction of sp³-hybridized carbons (Fsp3) is 0.167. The van der Waals surface area contributed by atoms with Crippen LogP contribution in [0.25, 0.3) is 0 Å². The Kier molecular flexibility index (Phi) is 5.09. The van der Waals surface area contributed by atoms with E-state index in [4.69, 9.17) is 0 Å². The van der Waals surface area contributed by atoms with Crippen LogP contribution in [0, 0.1) is 10.1 Å². The van der Waals surface area contributed by atoms with Crippen molar-refractivity contribution in [3.05, 3.63) is 60.7 Å². The van der Waals surface area contributed by atoms with Gasteiger partial charge < -0.3 is 0 Å². The van der Waals surface area contributed by atoms with E-state index in [2.05, 4.69) is 20.7 Å². The summed E-state index contributed by atoms with van der Waals surface area (Å²) < 4.78 is 27.4. The Bertz CT molecular complexity index is 758. The second kappa shape index (κ2) is 6.65. The van der Waals surface area contributed by atoms with Crippen molar-refractivity contribution < 1.29 is 13.3 Å². The molecule has 0 aliphatic carbocycles. The van der Waals surface area contributed by atoms with Crippen molar-refractivity contribution in [3.8, 4) is 0 Å². The Labute approximate surface area is 134 Å². The van der Waals surface area contributed by atoms with Crippen LogP contribution in [0.5, 0.6) is 0 Å². The van der Waals surface area contributed by atoms with Crippen molar-refractivity contribution in [2.75, 3.05) is 0 Å². The number of nitro groups is 1. The van der Waals surface area contributed by atoms with Crippen molar-refractivity contribution in [3.63, 3.8) is 0 Å². The Morgan fingerprint density at radius 2 is 2.00 bits per heavy atom. The van der Waals surface area contributed by atoms with Gasteiger partial charge in [0.15, 0.2) is 0 Å². The average molecular weight is 391 g/mol. The molecule has 21 heavy (non-hydrogen) atoms. The van der Waals surface area contributed by atoms with E-state index < -0.39 is 20.7 Å². The van der Waals surface area contributed by atoms with E-state index in [1.807, 2.05) is 11.4 Å². The molecule has 6 nitrogen and oxygen atoms in total. The van der Waals surface area contributed by atoms with Crippen LogP contribution >= 0.6 is 27.3 Å². The van der Waals surface area contributed by atoms with E-state index >= 15 is 0 Å². The van der Waals surface area contributed by atoms with Crippen LogP contribution in [0.1, 0.15) is 10.4 Å². The van der Waals surface area contributed by atoms with Gasteiger partial charge in [0.2, 0.25) is 10.0 Å². The van der Waals surface area contributed by atoms with Gasteiger partial charge in [-0.1, -0.05) is 18.2 Å². The number of thiophene rings is 1. The smallest absolute Gasteiger partial charge is 0.258 e. The maximum atomic E-state index is 12.0. The molecule has 0 radical (unpaired) electrons. The predicted octanol–water partition coefficient (Wildman–Crippen LogP) is 3.04. The maximum absolute atomic E-state index is 12.0. The standard InChI is InChI=1S/C12H11BrN2O4S2/c13-10-5-6-20-12(10)7-14-21(18,19)8-9-3-1-2-4-11(9)15(16)17/h1-6,14H,7-8H2. The summed E-state index contributed by atoms with van der Waals surface area (Å²) in [4.78, 5) is 11.1. The highest BCUT2D eigenvalue weighted by atomic mass is 79.9. The molecule has 0 aliphatic heterocycles. The maximum Gasteiger partial charge on any atom is 0.273 e. The van der Waals surface area contributed by atoms with Gasteiger partial charge in [-0.2, -0.15) is 0 Å². The number of nitrogens with one attached hydrogen (secondary N) is 1. The molecule has 2 rings (SSSR count). The second-order valence-corrected chi connectivity index (χ2v) is 7.82. The molecule has 0 fully saturated rings. The molecule has 1 aromatic heterocycles. The van der Waals surface area contributed by atoms with Gasteiger partial charge in [-0.15, -0.1) is 11.3 Å². The number of sulfonamides is 1. The molecule has 2 aromatic rings. The number of para-hydroxylation sites is 1. The first-order chi connectivity index (χ1) is 9.89. The van der Waals surface area contributed by atoms with Crippen molar-refractivity contribution >= 4 is 43.0 Å². The van der Waals surface area contributed by atoms with Crippen molar-refractivity contribution in [2.45, 2.75) is 12.3 Å². The van der Waals surface area contributed by atoms with Crippen molar-refractivity contribution in [1.82, 2.24) is 4.72 Å². The molecule has 0 bridgehead atoms. The van der Waals surface area contributed by atoms with Gasteiger partial charge in [0.25, 0.3) is 5.69 Å². The lowest BCUT2D eigenvalue weighted by atomic mass is 10.2. The van der Waals surface area contributed by atoms with Crippen LogP contribution in [0.2, 0.25) is 0 Å². The highest BCUT2D eigenvalue weighted by Gasteiger charge is 2.19. The molecule has 9 heteroatoms. The zero-order valence-electron chi connectivity index (χ0n) is 10.7. The number of nitro benzene ring substituents is 1. The lowest BCUT2D eigenvalue weighted by Gasteiger charge is -2.06. The van der Waals surface area contributed by atoms with Crippen LogP contribution in [-0.4, -0.2) is 13.3 Å². The number of halogens is 1. The molecule has 1 aromatic carbocycles. The molecule has 1 N–H and O–H groups in total. The highest BCUT2D eigenvalue weighted by Crippen LogP contribution is 2.23. The molecule has 0 amide bonds. The predicted molar refractivity (Wildman–Crippen MR) is 84.6 cm³/mol. The van der Waals surface area contributed by atoms with Crippen molar-refractivity contribution in [1.29, 1.82) is 0 Å². The molecule has 0 spiro atoms. The largest absolute Gasteiger partial charge is 0.273 e. The summed E-state index contributed by atoms with van der Waals surface area (Å²) in [6.07, 6.45) is 0. The zero-order valence-corrected chi connectivity index (χ0v) is 13.9. The minimum absolute atomic E-state index is 0.154. The first-order valence-electron chi connectivity index (χ1n) is 5.80. The number of rotatable bonds is 6. The van der Waals surface area contributed by atoms with Crippen molar-refractivity contribution in [2.24, 2.45) is 0 Å². The Morgan fingerprint density at radius 3 is 2.62 bits per heavy atom. The fourth-order valence-electron chi connectivity index (χ4n) is 1.69. The lowest BCUT2D eigenvalue weighted by Crippen LogP contribution is -2.24. The van der Waals surface area contributed by atoms with Gasteiger partial charge in [-0.05, 0) is 27.4 Å². The normalized spacial score (nSPS) is 11.5. The summed E-state index contributed by atoms with van der Waals surface area (Å²) in [5, 5.41) is 12.7. The minimum atomic E-state index is -3.65. The first kappa shape index (κ1) is 16.1. The molecule has 0 atom stereocenters. The average Bonchev–Trinajstić information content (AvgIpc) is 2.82. The number of nitrogens with zero attached hydrogens (tertiary/aromatic N) is 1.